The van der Waals surface area contributed by atoms with Crippen molar-refractivity contribution in [1.29, 1.82) is 5.26 Å². The number of ether oxygens (including phenoxy) is 1. The maximum Gasteiger partial charge on any atom is 0.151 e. The molecule has 3 aromatic rings. The van der Waals surface area contributed by atoms with Gasteiger partial charge in [-0.15, -0.1) is 0 Å². The van der Waals surface area contributed by atoms with Crippen LogP contribution in [-0.4, -0.2) is 15.2 Å². The van der Waals surface area contributed by atoms with Crippen molar-refractivity contribution in [3.8, 4) is 11.8 Å². The Balaban J connectivity index is 1.95. The minimum absolute atomic E-state index is 0.234. The van der Waals surface area contributed by atoms with Crippen LogP contribution in [0.3, 0.4) is 0 Å². The summed E-state index contributed by atoms with van der Waals surface area (Å²) in [5.41, 5.74) is 3.12. The first-order valence-corrected chi connectivity index (χ1v) is 8.20. The van der Waals surface area contributed by atoms with Gasteiger partial charge < -0.3 is 9.30 Å². The molecule has 0 saturated carbocycles. The molecule has 0 aliphatic carbocycles. The van der Waals surface area contributed by atoms with Gasteiger partial charge in [0, 0.05) is 7.05 Å². The number of aryl methyl sites for hydroxylation is 1. The summed E-state index contributed by atoms with van der Waals surface area (Å²) in [7, 11) is 1.93. The number of allylic oxidation sites excluding steroid dienone is 1. The third kappa shape index (κ3) is 3.72. The highest BCUT2D eigenvalue weighted by atomic mass is 16.5. The molecule has 2 aromatic carbocycles. The summed E-state index contributed by atoms with van der Waals surface area (Å²) in [5, 5.41) is 9.60. The minimum Gasteiger partial charge on any atom is -0.488 e. The second kappa shape index (κ2) is 6.45. The zero-order valence-electron chi connectivity index (χ0n) is 14.9. The summed E-state index contributed by atoms with van der Waals surface area (Å²) >= 11 is 0. The lowest BCUT2D eigenvalue weighted by Gasteiger charge is -2.21. The Kier molecular flexibility index (Phi) is 4.33. The van der Waals surface area contributed by atoms with E-state index in [0.717, 1.165) is 22.3 Å². The molecule has 0 unspecified atom stereocenters. The highest BCUT2D eigenvalue weighted by Crippen LogP contribution is 2.24. The van der Waals surface area contributed by atoms with Crippen molar-refractivity contribution in [2.75, 3.05) is 0 Å². The predicted molar refractivity (Wildman–Crippen MR) is 101 cm³/mol. The standard InChI is InChI=1S/C21H21N3O/c1-21(2,3)25-17-11-9-15(10-12-17)13-16(14-22)20-23-18-7-5-6-8-19(18)24(20)4/h5-13H,1-4H3/b16-13-. The van der Waals surface area contributed by atoms with Crippen molar-refractivity contribution in [2.45, 2.75) is 26.4 Å². The Labute approximate surface area is 148 Å². The van der Waals surface area contributed by atoms with Gasteiger partial charge in [0.05, 0.1) is 16.6 Å². The normalized spacial score (nSPS) is 12.2. The van der Waals surface area contributed by atoms with Gasteiger partial charge in [-0.3, -0.25) is 0 Å². The van der Waals surface area contributed by atoms with Gasteiger partial charge >= 0.3 is 0 Å². The molecule has 4 nitrogen and oxygen atoms in total. The molecule has 0 radical (unpaired) electrons. The monoisotopic (exact) mass is 331 g/mol. The molecule has 126 valence electrons. The van der Waals surface area contributed by atoms with E-state index in [1.54, 1.807) is 0 Å². The second-order valence-electron chi connectivity index (χ2n) is 6.94. The third-order valence-corrected chi connectivity index (χ3v) is 3.76. The molecular formula is C21H21N3O. The van der Waals surface area contributed by atoms with Crippen LogP contribution in [0.25, 0.3) is 22.7 Å². The van der Waals surface area contributed by atoms with Gasteiger partial charge in [-0.2, -0.15) is 5.26 Å². The first kappa shape index (κ1) is 16.8. The summed E-state index contributed by atoms with van der Waals surface area (Å²) in [6.07, 6.45) is 1.85. The Morgan fingerprint density at radius 1 is 1.12 bits per heavy atom. The van der Waals surface area contributed by atoms with Crippen LogP contribution in [0.4, 0.5) is 0 Å². The molecule has 0 fully saturated rings. The first-order valence-electron chi connectivity index (χ1n) is 8.20. The molecule has 0 atom stereocenters. The van der Waals surface area contributed by atoms with Crippen LogP contribution < -0.4 is 4.74 Å². The van der Waals surface area contributed by atoms with Gasteiger partial charge in [-0.25, -0.2) is 4.98 Å². The van der Waals surface area contributed by atoms with E-state index in [4.69, 9.17) is 4.74 Å². The molecule has 0 aliphatic heterocycles. The molecule has 25 heavy (non-hydrogen) atoms. The summed E-state index contributed by atoms with van der Waals surface area (Å²) < 4.78 is 7.78. The lowest BCUT2D eigenvalue weighted by molar-refractivity contribution is 0.131. The number of para-hydroxylation sites is 2. The fourth-order valence-corrected chi connectivity index (χ4v) is 2.69. The fourth-order valence-electron chi connectivity index (χ4n) is 2.69. The molecule has 1 aromatic heterocycles. The maximum absolute atomic E-state index is 9.60. The number of aromatic nitrogens is 2. The van der Waals surface area contributed by atoms with Crippen LogP contribution in [0.5, 0.6) is 5.75 Å². The predicted octanol–water partition coefficient (Wildman–Crippen LogP) is 4.81. The first-order chi connectivity index (χ1) is 11.9. The Hall–Kier alpha value is -3.06. The van der Waals surface area contributed by atoms with Crippen LogP contribution in [0.2, 0.25) is 0 Å². The van der Waals surface area contributed by atoms with Crippen LogP contribution in [0, 0.1) is 11.3 Å². The molecule has 1 heterocycles. The zero-order chi connectivity index (χ0) is 18.0. The maximum atomic E-state index is 9.60. The molecule has 0 spiro atoms. The average Bonchev–Trinajstić information content (AvgIpc) is 2.90. The van der Waals surface area contributed by atoms with E-state index in [2.05, 4.69) is 11.1 Å². The van der Waals surface area contributed by atoms with E-state index < -0.39 is 0 Å². The fraction of sp³-hybridized carbons (Fsp3) is 0.238. The molecule has 0 bridgehead atoms. The highest BCUT2D eigenvalue weighted by Gasteiger charge is 2.13. The van der Waals surface area contributed by atoms with Crippen molar-refractivity contribution in [1.82, 2.24) is 9.55 Å². The van der Waals surface area contributed by atoms with Crippen molar-refractivity contribution in [3.05, 3.63) is 59.9 Å². The number of hydrogen-bond acceptors (Lipinski definition) is 3. The summed E-state index contributed by atoms with van der Waals surface area (Å²) in [5.74, 6) is 1.48. The van der Waals surface area contributed by atoms with Crippen molar-refractivity contribution < 1.29 is 4.74 Å². The van der Waals surface area contributed by atoms with Gasteiger partial charge in [0.25, 0.3) is 0 Å². The van der Waals surface area contributed by atoms with Crippen LogP contribution in [0.1, 0.15) is 32.2 Å². The molecular weight excluding hydrogens is 310 g/mol. The summed E-state index contributed by atoms with van der Waals surface area (Å²) in [4.78, 5) is 4.59. The van der Waals surface area contributed by atoms with Crippen LogP contribution in [-0.2, 0) is 7.05 Å². The Morgan fingerprint density at radius 3 is 2.40 bits per heavy atom. The van der Waals surface area contributed by atoms with Crippen molar-refractivity contribution >= 4 is 22.7 Å². The number of hydrogen-bond donors (Lipinski definition) is 0. The number of rotatable bonds is 3. The molecule has 0 aliphatic rings. The van der Waals surface area contributed by atoms with Crippen LogP contribution >= 0.6 is 0 Å². The van der Waals surface area contributed by atoms with E-state index in [9.17, 15) is 5.26 Å². The lowest BCUT2D eigenvalue weighted by atomic mass is 10.1. The SMILES string of the molecule is Cn1c(/C(C#N)=C\c2ccc(OC(C)(C)C)cc2)nc2ccccc21. The van der Waals surface area contributed by atoms with Crippen molar-refractivity contribution in [2.24, 2.45) is 7.05 Å². The molecule has 0 saturated heterocycles. The number of nitriles is 1. The van der Waals surface area contributed by atoms with Crippen molar-refractivity contribution in [3.63, 3.8) is 0 Å². The molecule has 4 heteroatoms. The number of benzene rings is 2. The highest BCUT2D eigenvalue weighted by molar-refractivity contribution is 5.90. The van der Waals surface area contributed by atoms with E-state index in [1.807, 2.05) is 87.0 Å². The third-order valence-electron chi connectivity index (χ3n) is 3.76. The minimum atomic E-state index is -0.234. The topological polar surface area (TPSA) is 50.8 Å². The van der Waals surface area contributed by atoms with Gasteiger partial charge in [-0.1, -0.05) is 24.3 Å². The smallest absolute Gasteiger partial charge is 0.151 e. The zero-order valence-corrected chi connectivity index (χ0v) is 14.9. The van der Waals surface area contributed by atoms with E-state index in [0.29, 0.717) is 11.4 Å². The second-order valence-corrected chi connectivity index (χ2v) is 6.94. The quantitative estimate of drug-likeness (QED) is 0.647. The van der Waals surface area contributed by atoms with Gasteiger partial charge in [0.2, 0.25) is 0 Å². The average molecular weight is 331 g/mol. The Morgan fingerprint density at radius 2 is 1.80 bits per heavy atom. The molecule has 0 amide bonds. The van der Waals surface area contributed by atoms with Gasteiger partial charge in [0.1, 0.15) is 17.4 Å². The van der Waals surface area contributed by atoms with Crippen LogP contribution in [0.15, 0.2) is 48.5 Å². The van der Waals surface area contributed by atoms with Gasteiger partial charge in [-0.05, 0) is 56.7 Å². The molecule has 3 rings (SSSR count). The largest absolute Gasteiger partial charge is 0.488 e. The number of imidazole rings is 1. The lowest BCUT2D eigenvalue weighted by Crippen LogP contribution is -2.22. The summed E-state index contributed by atoms with van der Waals surface area (Å²) in [6.45, 7) is 6.04. The molecule has 0 N–H and O–H groups in total. The van der Waals surface area contributed by atoms with Gasteiger partial charge in [0.15, 0.2) is 5.82 Å². The number of nitrogens with zero attached hydrogens (tertiary/aromatic N) is 3. The van der Waals surface area contributed by atoms with E-state index in [1.165, 1.54) is 0 Å². The van der Waals surface area contributed by atoms with E-state index >= 15 is 0 Å². The summed E-state index contributed by atoms with van der Waals surface area (Å²) in [6, 6.07) is 17.9. The van der Waals surface area contributed by atoms with E-state index in [-0.39, 0.29) is 5.60 Å². The number of fused-ring (bicyclic) bond motifs is 1. The Bertz CT molecular complexity index is 967.